The Morgan fingerprint density at radius 2 is 1.90 bits per heavy atom. The second-order valence-electron chi connectivity index (χ2n) is 6.70. The smallest absolute Gasteiger partial charge is 0.338 e. The van der Waals surface area contributed by atoms with Gasteiger partial charge in [0.1, 0.15) is 6.61 Å². The Balaban J connectivity index is 1.39. The van der Waals surface area contributed by atoms with Crippen molar-refractivity contribution in [2.75, 3.05) is 5.32 Å². The maximum Gasteiger partial charge on any atom is 0.338 e. The molecular formula is C22H16ClN3O4S. The van der Waals surface area contributed by atoms with E-state index in [4.69, 9.17) is 16.3 Å². The molecule has 0 aliphatic rings. The van der Waals surface area contributed by atoms with Crippen LogP contribution in [0, 0.1) is 6.92 Å². The molecule has 0 spiro atoms. The third-order valence-corrected chi connectivity index (χ3v) is 5.62. The lowest BCUT2D eigenvalue weighted by atomic mass is 10.2. The van der Waals surface area contributed by atoms with Gasteiger partial charge in [0.15, 0.2) is 4.96 Å². The number of hydrogen-bond acceptors (Lipinski definition) is 6. The molecule has 0 saturated carbocycles. The summed E-state index contributed by atoms with van der Waals surface area (Å²) in [6, 6.07) is 14.2. The number of carbonyl (C=O) groups is 2. The zero-order valence-electron chi connectivity index (χ0n) is 16.3. The fraction of sp³-hybridized carbons (Fsp3) is 0.0909. The first kappa shape index (κ1) is 20.8. The van der Waals surface area contributed by atoms with Crippen LogP contribution in [0.1, 0.15) is 32.1 Å². The van der Waals surface area contributed by atoms with E-state index in [0.717, 1.165) is 5.69 Å². The van der Waals surface area contributed by atoms with E-state index in [2.05, 4.69) is 10.3 Å². The van der Waals surface area contributed by atoms with Crippen molar-refractivity contribution in [3.8, 4) is 0 Å². The molecule has 1 amide bonds. The van der Waals surface area contributed by atoms with E-state index >= 15 is 0 Å². The molecule has 0 unspecified atom stereocenters. The SMILES string of the molecule is Cc1csc2nc(COC(=O)c3ccc(NC(=O)c4cccc(Cl)c4)cc3)cc(=O)n12. The first-order valence-electron chi connectivity index (χ1n) is 9.21. The van der Waals surface area contributed by atoms with Gasteiger partial charge in [0.25, 0.3) is 11.5 Å². The number of carbonyl (C=O) groups excluding carboxylic acids is 2. The third-order valence-electron chi connectivity index (χ3n) is 4.45. The fourth-order valence-electron chi connectivity index (χ4n) is 2.92. The zero-order valence-corrected chi connectivity index (χ0v) is 17.9. The second kappa shape index (κ2) is 8.71. The summed E-state index contributed by atoms with van der Waals surface area (Å²) >= 11 is 7.25. The molecule has 4 rings (SSSR count). The Bertz CT molecular complexity index is 1350. The number of amides is 1. The molecule has 0 bridgehead atoms. The summed E-state index contributed by atoms with van der Waals surface area (Å²) in [7, 11) is 0. The lowest BCUT2D eigenvalue weighted by Crippen LogP contribution is -2.16. The van der Waals surface area contributed by atoms with Crippen molar-refractivity contribution in [3.05, 3.63) is 97.9 Å². The Kier molecular flexibility index (Phi) is 5.83. The highest BCUT2D eigenvalue weighted by Crippen LogP contribution is 2.16. The molecule has 7 nitrogen and oxygen atoms in total. The Labute approximate surface area is 185 Å². The topological polar surface area (TPSA) is 89.8 Å². The van der Waals surface area contributed by atoms with Crippen LogP contribution < -0.4 is 10.9 Å². The highest BCUT2D eigenvalue weighted by molar-refractivity contribution is 7.15. The monoisotopic (exact) mass is 453 g/mol. The number of esters is 1. The number of nitrogens with one attached hydrogen (secondary N) is 1. The molecule has 0 aliphatic carbocycles. The van der Waals surface area contributed by atoms with Gasteiger partial charge in [-0.15, -0.1) is 11.3 Å². The molecule has 9 heteroatoms. The van der Waals surface area contributed by atoms with E-state index in [0.29, 0.717) is 32.5 Å². The van der Waals surface area contributed by atoms with Gasteiger partial charge in [0.2, 0.25) is 0 Å². The maximum absolute atomic E-state index is 12.3. The normalized spacial score (nSPS) is 10.8. The maximum atomic E-state index is 12.3. The van der Waals surface area contributed by atoms with Gasteiger partial charge < -0.3 is 10.1 Å². The number of anilines is 1. The highest BCUT2D eigenvalue weighted by Gasteiger charge is 2.12. The van der Waals surface area contributed by atoms with E-state index in [1.807, 2.05) is 12.3 Å². The van der Waals surface area contributed by atoms with Gasteiger partial charge in [-0.3, -0.25) is 14.0 Å². The summed E-state index contributed by atoms with van der Waals surface area (Å²) in [4.78, 5) is 41.7. The summed E-state index contributed by atoms with van der Waals surface area (Å²) in [5, 5.41) is 5.05. The van der Waals surface area contributed by atoms with Crippen LogP contribution in [0.2, 0.25) is 5.02 Å². The van der Waals surface area contributed by atoms with Crippen LogP contribution >= 0.6 is 22.9 Å². The molecule has 0 aliphatic heterocycles. The van der Waals surface area contributed by atoms with Crippen LogP contribution in [-0.4, -0.2) is 21.3 Å². The van der Waals surface area contributed by atoms with E-state index in [9.17, 15) is 14.4 Å². The van der Waals surface area contributed by atoms with Crippen molar-refractivity contribution in [2.45, 2.75) is 13.5 Å². The minimum absolute atomic E-state index is 0.116. The molecule has 4 aromatic rings. The first-order chi connectivity index (χ1) is 14.9. The van der Waals surface area contributed by atoms with Crippen molar-refractivity contribution < 1.29 is 14.3 Å². The molecular weight excluding hydrogens is 438 g/mol. The average Bonchev–Trinajstić information content (AvgIpc) is 3.13. The van der Waals surface area contributed by atoms with Gasteiger partial charge in [-0.05, 0) is 49.4 Å². The minimum Gasteiger partial charge on any atom is -0.456 e. The van der Waals surface area contributed by atoms with Gasteiger partial charge in [0.05, 0.1) is 11.3 Å². The van der Waals surface area contributed by atoms with Crippen LogP contribution in [0.5, 0.6) is 0 Å². The predicted octanol–water partition coefficient (Wildman–Crippen LogP) is 4.33. The lowest BCUT2D eigenvalue weighted by Gasteiger charge is -2.08. The largest absolute Gasteiger partial charge is 0.456 e. The van der Waals surface area contributed by atoms with Gasteiger partial charge in [0, 0.05) is 33.4 Å². The summed E-state index contributed by atoms with van der Waals surface area (Å²) < 4.78 is 6.79. The Morgan fingerprint density at radius 1 is 1.13 bits per heavy atom. The van der Waals surface area contributed by atoms with Gasteiger partial charge >= 0.3 is 5.97 Å². The highest BCUT2D eigenvalue weighted by atomic mass is 35.5. The number of halogens is 1. The number of nitrogens with zero attached hydrogens (tertiary/aromatic N) is 2. The number of ether oxygens (including phenoxy) is 1. The van der Waals surface area contributed by atoms with Gasteiger partial charge in [-0.2, -0.15) is 0 Å². The van der Waals surface area contributed by atoms with E-state index in [1.165, 1.54) is 21.8 Å². The second-order valence-corrected chi connectivity index (χ2v) is 7.97. The number of hydrogen-bond donors (Lipinski definition) is 1. The van der Waals surface area contributed by atoms with Crippen LogP contribution in [0.4, 0.5) is 5.69 Å². The number of aryl methyl sites for hydroxylation is 1. The molecule has 31 heavy (non-hydrogen) atoms. The van der Waals surface area contributed by atoms with Crippen molar-refractivity contribution in [1.82, 2.24) is 9.38 Å². The molecule has 1 N–H and O–H groups in total. The van der Waals surface area contributed by atoms with Crippen molar-refractivity contribution in [3.63, 3.8) is 0 Å². The molecule has 2 aromatic heterocycles. The number of aromatic nitrogens is 2. The molecule has 0 saturated heterocycles. The van der Waals surface area contributed by atoms with Crippen molar-refractivity contribution in [2.24, 2.45) is 0 Å². The van der Waals surface area contributed by atoms with Crippen LogP contribution in [0.15, 0.2) is 64.8 Å². The van der Waals surface area contributed by atoms with E-state index in [-0.39, 0.29) is 18.1 Å². The standard InChI is InChI=1S/C22H16ClN3O4S/c1-13-12-31-22-25-18(10-19(27)26(13)22)11-30-21(29)14-5-7-17(8-6-14)24-20(28)15-3-2-4-16(23)9-15/h2-10,12H,11H2,1H3,(H,24,28). The molecule has 0 atom stereocenters. The lowest BCUT2D eigenvalue weighted by molar-refractivity contribution is 0.0467. The molecule has 0 radical (unpaired) electrons. The van der Waals surface area contributed by atoms with Crippen LogP contribution in [0.25, 0.3) is 4.96 Å². The van der Waals surface area contributed by atoms with Gasteiger partial charge in [-0.1, -0.05) is 17.7 Å². The first-order valence-corrected chi connectivity index (χ1v) is 10.5. The summed E-state index contributed by atoms with van der Waals surface area (Å²) in [5.74, 6) is -0.869. The van der Waals surface area contributed by atoms with Crippen LogP contribution in [0.3, 0.4) is 0 Å². The van der Waals surface area contributed by atoms with Gasteiger partial charge in [-0.25, -0.2) is 9.78 Å². The molecule has 2 heterocycles. The third kappa shape index (κ3) is 4.65. The Morgan fingerprint density at radius 3 is 2.65 bits per heavy atom. The minimum atomic E-state index is -0.558. The molecule has 0 fully saturated rings. The van der Waals surface area contributed by atoms with E-state index < -0.39 is 5.97 Å². The number of rotatable bonds is 5. The van der Waals surface area contributed by atoms with Crippen LogP contribution in [-0.2, 0) is 11.3 Å². The quantitative estimate of drug-likeness (QED) is 0.454. The fourth-order valence-corrected chi connectivity index (χ4v) is 4.00. The Hall–Kier alpha value is -3.49. The predicted molar refractivity (Wildman–Crippen MR) is 119 cm³/mol. The summed E-state index contributed by atoms with van der Waals surface area (Å²) in [5.41, 5.74) is 2.24. The van der Waals surface area contributed by atoms with Crippen molar-refractivity contribution in [1.29, 1.82) is 0 Å². The molecule has 2 aromatic carbocycles. The zero-order chi connectivity index (χ0) is 22.0. The molecule has 156 valence electrons. The van der Waals surface area contributed by atoms with Crippen molar-refractivity contribution >= 4 is 45.5 Å². The summed E-state index contributed by atoms with van der Waals surface area (Å²) in [6.45, 7) is 1.71. The number of fused-ring (bicyclic) bond motifs is 1. The average molecular weight is 454 g/mol. The number of thiazole rings is 1. The summed E-state index contributed by atoms with van der Waals surface area (Å²) in [6.07, 6.45) is 0. The number of benzene rings is 2. The van der Waals surface area contributed by atoms with E-state index in [1.54, 1.807) is 48.5 Å².